The van der Waals surface area contributed by atoms with Crippen LogP contribution in [0.15, 0.2) is 54.6 Å². The first-order valence-electron chi connectivity index (χ1n) is 7.68. The molecular weight excluding hydrogens is 254 g/mol. The molecule has 21 heavy (non-hydrogen) atoms. The normalized spacial score (nSPS) is 16.2. The molecule has 1 nitrogen and oxygen atoms in total. The van der Waals surface area contributed by atoms with Crippen LogP contribution in [0.3, 0.4) is 0 Å². The van der Waals surface area contributed by atoms with Gasteiger partial charge in [0.25, 0.3) is 0 Å². The zero-order valence-electron chi connectivity index (χ0n) is 13.9. The van der Waals surface area contributed by atoms with Gasteiger partial charge in [-0.1, -0.05) is 75.4 Å². The first-order valence-corrected chi connectivity index (χ1v) is 7.68. The van der Waals surface area contributed by atoms with Crippen molar-refractivity contribution in [3.8, 4) is 0 Å². The summed E-state index contributed by atoms with van der Waals surface area (Å²) >= 11 is 0. The first-order chi connectivity index (χ1) is 9.88. The Morgan fingerprint density at radius 2 is 1.71 bits per heavy atom. The second-order valence-corrected chi connectivity index (χ2v) is 7.07. The molecule has 0 fully saturated rings. The Hall–Kier alpha value is -1.60. The molecule has 1 aromatic rings. The van der Waals surface area contributed by atoms with Crippen LogP contribution in [0.4, 0.5) is 0 Å². The first kappa shape index (κ1) is 15.8. The van der Waals surface area contributed by atoms with E-state index in [1.54, 1.807) is 0 Å². The van der Waals surface area contributed by atoms with Gasteiger partial charge in [-0.3, -0.25) is 0 Å². The zero-order valence-corrected chi connectivity index (χ0v) is 13.9. The van der Waals surface area contributed by atoms with Crippen molar-refractivity contribution >= 4 is 5.57 Å². The van der Waals surface area contributed by atoms with Crippen LogP contribution in [-0.4, -0.2) is 19.0 Å². The van der Waals surface area contributed by atoms with E-state index in [0.29, 0.717) is 5.92 Å². The maximum atomic E-state index is 2.41. The SMILES string of the molecule is CN(C)Cc1ccccc1/C(=C/C1C=CC=C1)C(C)(C)C. The van der Waals surface area contributed by atoms with Gasteiger partial charge in [-0.2, -0.15) is 0 Å². The van der Waals surface area contributed by atoms with E-state index in [4.69, 9.17) is 0 Å². The van der Waals surface area contributed by atoms with Crippen LogP contribution in [0.2, 0.25) is 0 Å². The van der Waals surface area contributed by atoms with Crippen molar-refractivity contribution in [2.24, 2.45) is 11.3 Å². The quantitative estimate of drug-likeness (QED) is 0.757. The van der Waals surface area contributed by atoms with Gasteiger partial charge in [0.15, 0.2) is 0 Å². The third-order valence-electron chi connectivity index (χ3n) is 3.74. The van der Waals surface area contributed by atoms with E-state index in [2.05, 4.69) is 94.4 Å². The molecule has 0 aliphatic heterocycles. The Bertz CT molecular complexity index is 556. The van der Waals surface area contributed by atoms with Gasteiger partial charge in [-0.05, 0) is 36.2 Å². The molecule has 0 amide bonds. The lowest BCUT2D eigenvalue weighted by atomic mass is 9.79. The minimum Gasteiger partial charge on any atom is -0.305 e. The summed E-state index contributed by atoms with van der Waals surface area (Å²) in [6.45, 7) is 7.87. The molecule has 1 aliphatic rings. The molecular formula is C20H27N. The largest absolute Gasteiger partial charge is 0.305 e. The molecule has 1 aromatic carbocycles. The lowest BCUT2D eigenvalue weighted by molar-refractivity contribution is 0.401. The van der Waals surface area contributed by atoms with Crippen LogP contribution in [0.1, 0.15) is 31.9 Å². The molecule has 0 spiro atoms. The Balaban J connectivity index is 2.47. The van der Waals surface area contributed by atoms with Gasteiger partial charge in [0.2, 0.25) is 0 Å². The maximum absolute atomic E-state index is 2.41. The Kier molecular flexibility index (Phi) is 4.84. The highest BCUT2D eigenvalue weighted by Gasteiger charge is 2.22. The van der Waals surface area contributed by atoms with Gasteiger partial charge in [0.1, 0.15) is 0 Å². The minimum atomic E-state index is 0.132. The molecule has 112 valence electrons. The predicted molar refractivity (Wildman–Crippen MR) is 93.0 cm³/mol. The molecule has 1 heteroatoms. The molecule has 0 atom stereocenters. The van der Waals surface area contributed by atoms with E-state index in [1.807, 2.05) is 0 Å². The third-order valence-corrected chi connectivity index (χ3v) is 3.74. The summed E-state index contributed by atoms with van der Waals surface area (Å²) in [6, 6.07) is 8.79. The van der Waals surface area contributed by atoms with Crippen LogP contribution in [-0.2, 0) is 6.54 Å². The molecule has 0 heterocycles. The summed E-state index contributed by atoms with van der Waals surface area (Å²) < 4.78 is 0. The average Bonchev–Trinajstić information content (AvgIpc) is 2.88. The van der Waals surface area contributed by atoms with Crippen LogP contribution in [0.5, 0.6) is 0 Å². The number of hydrogen-bond donors (Lipinski definition) is 0. The summed E-state index contributed by atoms with van der Waals surface area (Å²) in [4.78, 5) is 2.23. The Morgan fingerprint density at radius 1 is 1.10 bits per heavy atom. The number of hydrogen-bond acceptors (Lipinski definition) is 1. The highest BCUT2D eigenvalue weighted by atomic mass is 15.0. The van der Waals surface area contributed by atoms with E-state index < -0.39 is 0 Å². The van der Waals surface area contributed by atoms with Gasteiger partial charge in [-0.25, -0.2) is 0 Å². The van der Waals surface area contributed by atoms with Crippen LogP contribution in [0.25, 0.3) is 5.57 Å². The molecule has 0 saturated heterocycles. The van der Waals surface area contributed by atoms with E-state index in [9.17, 15) is 0 Å². The van der Waals surface area contributed by atoms with Crippen molar-refractivity contribution in [1.29, 1.82) is 0 Å². The molecule has 2 rings (SSSR count). The summed E-state index contributed by atoms with van der Waals surface area (Å²) in [6.07, 6.45) is 11.2. The fourth-order valence-corrected chi connectivity index (χ4v) is 2.76. The molecule has 0 saturated carbocycles. The van der Waals surface area contributed by atoms with Gasteiger partial charge in [-0.15, -0.1) is 0 Å². The topological polar surface area (TPSA) is 3.24 Å². The maximum Gasteiger partial charge on any atom is 0.0233 e. The number of benzene rings is 1. The van der Waals surface area contributed by atoms with Crippen molar-refractivity contribution in [2.45, 2.75) is 27.3 Å². The monoisotopic (exact) mass is 281 g/mol. The minimum absolute atomic E-state index is 0.132. The van der Waals surface area contributed by atoms with Crippen LogP contribution in [0, 0.1) is 11.3 Å². The number of allylic oxidation sites excluding steroid dienone is 6. The van der Waals surface area contributed by atoms with Crippen molar-refractivity contribution in [3.05, 3.63) is 65.8 Å². The van der Waals surface area contributed by atoms with Crippen molar-refractivity contribution in [3.63, 3.8) is 0 Å². The summed E-state index contributed by atoms with van der Waals surface area (Å²) in [5.74, 6) is 0.423. The highest BCUT2D eigenvalue weighted by Crippen LogP contribution is 2.37. The smallest absolute Gasteiger partial charge is 0.0233 e. The van der Waals surface area contributed by atoms with Crippen molar-refractivity contribution in [1.82, 2.24) is 4.90 Å². The van der Waals surface area contributed by atoms with Crippen molar-refractivity contribution < 1.29 is 0 Å². The fourth-order valence-electron chi connectivity index (χ4n) is 2.76. The molecule has 0 N–H and O–H groups in total. The lowest BCUT2D eigenvalue weighted by Crippen LogP contribution is -2.16. The summed E-state index contributed by atoms with van der Waals surface area (Å²) in [5, 5.41) is 0. The van der Waals surface area contributed by atoms with Crippen molar-refractivity contribution in [2.75, 3.05) is 14.1 Å². The number of nitrogens with zero attached hydrogens (tertiary/aromatic N) is 1. The molecule has 0 bridgehead atoms. The zero-order chi connectivity index (χ0) is 15.5. The molecule has 0 radical (unpaired) electrons. The number of rotatable bonds is 4. The van der Waals surface area contributed by atoms with Gasteiger partial charge >= 0.3 is 0 Å². The fraction of sp³-hybridized carbons (Fsp3) is 0.400. The second kappa shape index (κ2) is 6.44. The van der Waals surface area contributed by atoms with Crippen LogP contribution < -0.4 is 0 Å². The predicted octanol–water partition coefficient (Wildman–Crippen LogP) is 4.92. The van der Waals surface area contributed by atoms with E-state index in [1.165, 1.54) is 16.7 Å². The molecule has 1 aliphatic carbocycles. The lowest BCUT2D eigenvalue weighted by Gasteiger charge is -2.27. The van der Waals surface area contributed by atoms with Crippen LogP contribution >= 0.6 is 0 Å². The standard InChI is InChI=1S/C20H27N/c1-20(2,3)19(14-16-10-6-7-11-16)18-13-9-8-12-17(18)15-21(4)5/h6-14,16H,15H2,1-5H3/b19-14-. The van der Waals surface area contributed by atoms with E-state index >= 15 is 0 Å². The third kappa shape index (κ3) is 4.18. The van der Waals surface area contributed by atoms with Gasteiger partial charge < -0.3 is 4.90 Å². The Morgan fingerprint density at radius 3 is 2.29 bits per heavy atom. The van der Waals surface area contributed by atoms with E-state index in [-0.39, 0.29) is 5.41 Å². The van der Waals surface area contributed by atoms with Gasteiger partial charge in [0, 0.05) is 12.5 Å². The average molecular weight is 281 g/mol. The highest BCUT2D eigenvalue weighted by molar-refractivity contribution is 5.72. The Labute approximate surface area is 129 Å². The second-order valence-electron chi connectivity index (χ2n) is 7.07. The molecule has 0 unspecified atom stereocenters. The summed E-state index contributed by atoms with van der Waals surface area (Å²) in [5.41, 5.74) is 4.34. The molecule has 0 aromatic heterocycles. The summed E-state index contributed by atoms with van der Waals surface area (Å²) in [7, 11) is 4.25. The van der Waals surface area contributed by atoms with E-state index in [0.717, 1.165) is 6.54 Å². The van der Waals surface area contributed by atoms with Gasteiger partial charge in [0.05, 0.1) is 0 Å².